The van der Waals surface area contributed by atoms with Crippen molar-refractivity contribution in [3.8, 4) is 0 Å². The van der Waals surface area contributed by atoms with Crippen LogP contribution < -0.4 is 15.5 Å². The summed E-state index contributed by atoms with van der Waals surface area (Å²) < 4.78 is 39.7. The number of benzene rings is 2. The summed E-state index contributed by atoms with van der Waals surface area (Å²) in [5, 5.41) is 26.6. The largest absolute Gasteiger partial charge is 0.416 e. The Morgan fingerprint density at radius 2 is 1.84 bits per heavy atom. The SMILES string of the molecule is O=C(Nc1ccccc1)[C@@H]1C[C@@H](O)[C@H](O)[C@@H]2NC(=S)N(c3cccc(C(F)(F)F)c3)[C@@H]21. The molecule has 2 aromatic rings. The Morgan fingerprint density at radius 3 is 2.52 bits per heavy atom. The van der Waals surface area contributed by atoms with Crippen LogP contribution in [0.3, 0.4) is 0 Å². The Kier molecular flexibility index (Phi) is 5.63. The molecular weight excluding hydrogens is 431 g/mol. The normalized spacial score (nSPS) is 28.1. The minimum absolute atomic E-state index is 0.0687. The number of alkyl halides is 3. The average molecular weight is 451 g/mol. The Bertz CT molecular complexity index is 989. The lowest BCUT2D eigenvalue weighted by atomic mass is 9.77. The second kappa shape index (κ2) is 8.10. The van der Waals surface area contributed by atoms with Crippen molar-refractivity contribution < 1.29 is 28.2 Å². The van der Waals surface area contributed by atoms with E-state index in [-0.39, 0.29) is 17.2 Å². The third-order valence-corrected chi connectivity index (χ3v) is 5.99. The fraction of sp³-hybridized carbons (Fsp3) is 0.333. The van der Waals surface area contributed by atoms with E-state index >= 15 is 0 Å². The molecule has 1 saturated carbocycles. The predicted molar refractivity (Wildman–Crippen MR) is 112 cm³/mol. The van der Waals surface area contributed by atoms with Crippen LogP contribution in [0, 0.1) is 5.92 Å². The van der Waals surface area contributed by atoms with Gasteiger partial charge in [0.05, 0.1) is 29.7 Å². The van der Waals surface area contributed by atoms with Crippen molar-refractivity contribution in [1.29, 1.82) is 0 Å². The smallest absolute Gasteiger partial charge is 0.390 e. The maximum atomic E-state index is 13.2. The first kappa shape index (κ1) is 21.5. The number of halogens is 3. The highest BCUT2D eigenvalue weighted by Crippen LogP contribution is 2.39. The Labute approximate surface area is 181 Å². The van der Waals surface area contributed by atoms with Crippen LogP contribution >= 0.6 is 12.2 Å². The van der Waals surface area contributed by atoms with Gasteiger partial charge in [0, 0.05) is 11.4 Å². The van der Waals surface area contributed by atoms with E-state index in [1.54, 1.807) is 30.3 Å². The number of para-hydroxylation sites is 1. The molecule has 4 N–H and O–H groups in total. The van der Waals surface area contributed by atoms with E-state index in [1.165, 1.54) is 17.0 Å². The number of rotatable bonds is 3. The molecule has 10 heteroatoms. The number of aliphatic hydroxyl groups excluding tert-OH is 2. The summed E-state index contributed by atoms with van der Waals surface area (Å²) in [6, 6.07) is 11.7. The fourth-order valence-electron chi connectivity index (χ4n) is 4.23. The molecule has 0 unspecified atom stereocenters. The van der Waals surface area contributed by atoms with E-state index in [1.807, 2.05) is 0 Å². The Hall–Kier alpha value is -2.69. The van der Waals surface area contributed by atoms with Crippen molar-refractivity contribution in [2.24, 2.45) is 5.92 Å². The Morgan fingerprint density at radius 1 is 1.13 bits per heavy atom. The molecule has 31 heavy (non-hydrogen) atoms. The van der Waals surface area contributed by atoms with Gasteiger partial charge >= 0.3 is 6.18 Å². The van der Waals surface area contributed by atoms with Gasteiger partial charge in [-0.15, -0.1) is 0 Å². The lowest BCUT2D eigenvalue weighted by molar-refractivity contribution is -0.137. The first-order valence-electron chi connectivity index (χ1n) is 9.66. The topological polar surface area (TPSA) is 84.8 Å². The molecule has 1 amide bonds. The molecule has 1 aliphatic carbocycles. The van der Waals surface area contributed by atoms with Crippen LogP contribution in [0.1, 0.15) is 12.0 Å². The van der Waals surface area contributed by atoms with Crippen molar-refractivity contribution >= 4 is 34.6 Å². The van der Waals surface area contributed by atoms with E-state index in [0.717, 1.165) is 12.1 Å². The van der Waals surface area contributed by atoms with Gasteiger partial charge < -0.3 is 25.7 Å². The van der Waals surface area contributed by atoms with Crippen LogP contribution in [-0.2, 0) is 11.0 Å². The second-order valence-corrected chi connectivity index (χ2v) is 8.03. The maximum absolute atomic E-state index is 13.2. The summed E-state index contributed by atoms with van der Waals surface area (Å²) in [6.07, 6.45) is -7.04. The van der Waals surface area contributed by atoms with Gasteiger partial charge in [0.2, 0.25) is 5.91 Å². The van der Waals surface area contributed by atoms with Crippen molar-refractivity contribution in [3.63, 3.8) is 0 Å². The molecule has 5 atom stereocenters. The molecule has 1 saturated heterocycles. The highest BCUT2D eigenvalue weighted by atomic mass is 32.1. The lowest BCUT2D eigenvalue weighted by Crippen LogP contribution is -2.60. The minimum Gasteiger partial charge on any atom is -0.390 e. The van der Waals surface area contributed by atoms with Gasteiger partial charge in [-0.25, -0.2) is 0 Å². The van der Waals surface area contributed by atoms with Crippen LogP contribution in [-0.4, -0.2) is 45.5 Å². The summed E-state index contributed by atoms with van der Waals surface area (Å²) in [6.45, 7) is 0. The summed E-state index contributed by atoms with van der Waals surface area (Å²) in [4.78, 5) is 14.5. The zero-order valence-electron chi connectivity index (χ0n) is 16.1. The molecule has 4 rings (SSSR count). The molecule has 0 bridgehead atoms. The number of anilines is 2. The number of fused-ring (bicyclic) bond motifs is 1. The summed E-state index contributed by atoms with van der Waals surface area (Å²) in [5.41, 5.74) is -0.150. The average Bonchev–Trinajstić information content (AvgIpc) is 3.08. The van der Waals surface area contributed by atoms with Gasteiger partial charge in [-0.05, 0) is 49.0 Å². The second-order valence-electron chi connectivity index (χ2n) is 7.64. The van der Waals surface area contributed by atoms with Gasteiger partial charge in [-0.2, -0.15) is 13.2 Å². The number of nitrogens with zero attached hydrogens (tertiary/aromatic N) is 1. The van der Waals surface area contributed by atoms with E-state index in [4.69, 9.17) is 12.2 Å². The molecule has 1 aliphatic heterocycles. The van der Waals surface area contributed by atoms with Crippen LogP contribution in [0.15, 0.2) is 54.6 Å². The van der Waals surface area contributed by atoms with Crippen molar-refractivity contribution in [3.05, 3.63) is 60.2 Å². The van der Waals surface area contributed by atoms with Gasteiger partial charge in [0.25, 0.3) is 0 Å². The van der Waals surface area contributed by atoms with Gasteiger partial charge in [-0.3, -0.25) is 4.79 Å². The van der Waals surface area contributed by atoms with Crippen LogP contribution in [0.4, 0.5) is 24.5 Å². The molecule has 0 aromatic heterocycles. The van der Waals surface area contributed by atoms with E-state index in [9.17, 15) is 28.2 Å². The van der Waals surface area contributed by atoms with Crippen LogP contribution in [0.25, 0.3) is 0 Å². The third-order valence-electron chi connectivity index (χ3n) is 5.67. The number of hydrogen-bond donors (Lipinski definition) is 4. The highest BCUT2D eigenvalue weighted by Gasteiger charge is 2.54. The molecule has 1 heterocycles. The summed E-state index contributed by atoms with van der Waals surface area (Å²) in [7, 11) is 0. The standard InChI is InChI=1S/C21H20F3N3O3S/c22-21(23,24)11-5-4-8-13(9-11)27-17-14(19(30)25-12-6-2-1-3-7-12)10-15(28)18(29)16(17)26-20(27)31/h1-9,14-18,28-29H,10H2,(H,25,30)(H,26,31)/t14-,15-,16-,17-,18+/m1/s1. The van der Waals surface area contributed by atoms with Gasteiger partial charge in [0.1, 0.15) is 6.10 Å². The molecule has 6 nitrogen and oxygen atoms in total. The number of carbonyl (C=O) groups excluding carboxylic acids is 1. The molecule has 2 aliphatic rings. The maximum Gasteiger partial charge on any atom is 0.416 e. The van der Waals surface area contributed by atoms with Gasteiger partial charge in [-0.1, -0.05) is 24.3 Å². The van der Waals surface area contributed by atoms with Crippen molar-refractivity contribution in [1.82, 2.24) is 5.32 Å². The monoisotopic (exact) mass is 451 g/mol. The minimum atomic E-state index is -4.55. The quantitative estimate of drug-likeness (QED) is 0.537. The summed E-state index contributed by atoms with van der Waals surface area (Å²) in [5.74, 6) is -1.26. The van der Waals surface area contributed by atoms with Crippen molar-refractivity contribution in [2.45, 2.75) is 36.9 Å². The number of nitrogens with one attached hydrogen (secondary N) is 2. The molecular formula is C21H20F3N3O3S. The zero-order chi connectivity index (χ0) is 22.3. The number of amides is 1. The number of thiocarbonyl (C=S) groups is 1. The van der Waals surface area contributed by atoms with Crippen LogP contribution in [0.5, 0.6) is 0 Å². The molecule has 0 spiro atoms. The highest BCUT2D eigenvalue weighted by molar-refractivity contribution is 7.80. The summed E-state index contributed by atoms with van der Waals surface area (Å²) >= 11 is 5.34. The predicted octanol–water partition coefficient (Wildman–Crippen LogP) is 2.52. The molecule has 2 aromatic carbocycles. The number of hydrogen-bond acceptors (Lipinski definition) is 4. The van der Waals surface area contributed by atoms with E-state index in [0.29, 0.717) is 5.69 Å². The number of carbonyl (C=O) groups is 1. The van der Waals surface area contributed by atoms with Crippen molar-refractivity contribution in [2.75, 3.05) is 10.2 Å². The first-order chi connectivity index (χ1) is 14.7. The van der Waals surface area contributed by atoms with E-state index in [2.05, 4.69) is 10.6 Å². The molecule has 164 valence electrons. The zero-order valence-corrected chi connectivity index (χ0v) is 16.9. The van der Waals surface area contributed by atoms with Gasteiger partial charge in [0.15, 0.2) is 5.11 Å². The van der Waals surface area contributed by atoms with Crippen LogP contribution in [0.2, 0.25) is 0 Å². The third kappa shape index (κ3) is 4.10. The fourth-order valence-corrected chi connectivity index (χ4v) is 4.59. The Balaban J connectivity index is 1.70. The lowest BCUT2D eigenvalue weighted by Gasteiger charge is -2.41. The molecule has 0 radical (unpaired) electrons. The number of aliphatic hydroxyl groups is 2. The molecule has 2 fully saturated rings. The van der Waals surface area contributed by atoms with E-state index < -0.39 is 47.9 Å². The first-order valence-corrected chi connectivity index (χ1v) is 10.1.